The predicted molar refractivity (Wildman–Crippen MR) is 61.3 cm³/mol. The molecule has 0 saturated heterocycles. The average molecular weight is 214 g/mol. The number of carbonyl (C=O) groups is 1. The predicted octanol–water partition coefficient (Wildman–Crippen LogP) is 2.16. The molecule has 1 aromatic carbocycles. The number of Topliss-reactive ketones (excluding diaryl/α,β-unsaturated/α-hetero) is 1. The van der Waals surface area contributed by atoms with Gasteiger partial charge in [0.25, 0.3) is 0 Å². The molecule has 14 heavy (non-hydrogen) atoms. The van der Waals surface area contributed by atoms with Gasteiger partial charge in [0, 0.05) is 5.56 Å². The lowest BCUT2D eigenvalue weighted by Crippen LogP contribution is -2.21. The molecule has 1 rings (SSSR count). The molecule has 0 bridgehead atoms. The first-order valence-corrected chi connectivity index (χ1v) is 4.34. The molecule has 0 spiro atoms. The van der Waals surface area contributed by atoms with Gasteiger partial charge >= 0.3 is 0 Å². The van der Waals surface area contributed by atoms with Crippen LogP contribution in [0.3, 0.4) is 0 Å². The van der Waals surface area contributed by atoms with E-state index in [0.29, 0.717) is 6.54 Å². The zero-order valence-corrected chi connectivity index (χ0v) is 9.60. The molecule has 78 valence electrons. The molecule has 1 aromatic rings. The maximum absolute atomic E-state index is 11.6. The molecule has 0 aromatic heterocycles. The van der Waals surface area contributed by atoms with Crippen LogP contribution < -0.4 is 0 Å². The zero-order chi connectivity index (χ0) is 9.84. The van der Waals surface area contributed by atoms with E-state index < -0.39 is 0 Å². The summed E-state index contributed by atoms with van der Waals surface area (Å²) in [6.45, 7) is 2.47. The van der Waals surface area contributed by atoms with Crippen molar-refractivity contribution in [2.75, 3.05) is 20.6 Å². The van der Waals surface area contributed by atoms with Crippen LogP contribution in [0.4, 0.5) is 0 Å². The molecule has 0 aliphatic rings. The Bertz CT molecular complexity index is 310. The fourth-order valence-corrected chi connectivity index (χ4v) is 1.20. The minimum absolute atomic E-state index is 0. The van der Waals surface area contributed by atoms with Crippen molar-refractivity contribution in [3.63, 3.8) is 0 Å². The van der Waals surface area contributed by atoms with Gasteiger partial charge in [0.1, 0.15) is 0 Å². The van der Waals surface area contributed by atoms with E-state index in [1.165, 1.54) is 0 Å². The minimum atomic E-state index is 0. The lowest BCUT2D eigenvalue weighted by atomic mass is 10.1. The molecule has 0 aliphatic heterocycles. The summed E-state index contributed by atoms with van der Waals surface area (Å²) in [5.41, 5.74) is 1.93. The number of rotatable bonds is 3. The third-order valence-corrected chi connectivity index (χ3v) is 1.80. The molecule has 0 fully saturated rings. The molecule has 0 amide bonds. The zero-order valence-electron chi connectivity index (χ0n) is 8.78. The first-order chi connectivity index (χ1) is 6.09. The standard InChI is InChI=1S/C11H15NO.ClH/c1-9-5-4-6-10(7-9)11(13)8-12(2)3;/h4-7H,8H2,1-3H3;1H. The van der Waals surface area contributed by atoms with Crippen LogP contribution >= 0.6 is 12.4 Å². The Kier molecular flexibility index (Phi) is 5.43. The van der Waals surface area contributed by atoms with Gasteiger partial charge in [-0.1, -0.05) is 23.8 Å². The third kappa shape index (κ3) is 3.90. The number of ketones is 1. The lowest BCUT2D eigenvalue weighted by Gasteiger charge is -2.08. The van der Waals surface area contributed by atoms with Crippen molar-refractivity contribution in [2.45, 2.75) is 6.92 Å². The number of hydrogen-bond acceptors (Lipinski definition) is 2. The van der Waals surface area contributed by atoms with Crippen molar-refractivity contribution in [2.24, 2.45) is 0 Å². The van der Waals surface area contributed by atoms with Crippen LogP contribution in [0.5, 0.6) is 0 Å². The van der Waals surface area contributed by atoms with Crippen LogP contribution in [0, 0.1) is 6.92 Å². The summed E-state index contributed by atoms with van der Waals surface area (Å²) in [6, 6.07) is 7.69. The number of benzene rings is 1. The van der Waals surface area contributed by atoms with E-state index in [9.17, 15) is 4.79 Å². The Balaban J connectivity index is 0.00000169. The van der Waals surface area contributed by atoms with Gasteiger partial charge in [-0.15, -0.1) is 12.4 Å². The SMILES string of the molecule is Cc1cccc(C(=O)CN(C)C)c1.Cl. The maximum Gasteiger partial charge on any atom is 0.176 e. The van der Waals surface area contributed by atoms with Gasteiger partial charge in [-0.2, -0.15) is 0 Å². The van der Waals surface area contributed by atoms with Gasteiger partial charge in [-0.3, -0.25) is 4.79 Å². The highest BCUT2D eigenvalue weighted by Crippen LogP contribution is 2.04. The van der Waals surface area contributed by atoms with Crippen molar-refractivity contribution in [3.05, 3.63) is 35.4 Å². The van der Waals surface area contributed by atoms with Gasteiger partial charge in [0.2, 0.25) is 0 Å². The molecule has 0 unspecified atom stereocenters. The number of halogens is 1. The second-order valence-electron chi connectivity index (χ2n) is 3.53. The third-order valence-electron chi connectivity index (χ3n) is 1.80. The molecule has 0 radical (unpaired) electrons. The summed E-state index contributed by atoms with van der Waals surface area (Å²) < 4.78 is 0. The van der Waals surface area contributed by atoms with Crippen molar-refractivity contribution >= 4 is 18.2 Å². The summed E-state index contributed by atoms with van der Waals surface area (Å²) in [7, 11) is 3.79. The van der Waals surface area contributed by atoms with Gasteiger partial charge in [-0.25, -0.2) is 0 Å². The molecule has 0 aliphatic carbocycles. The first-order valence-electron chi connectivity index (χ1n) is 4.34. The molecule has 0 N–H and O–H groups in total. The Hall–Kier alpha value is -0.860. The lowest BCUT2D eigenvalue weighted by molar-refractivity contribution is 0.0958. The molecule has 3 heteroatoms. The van der Waals surface area contributed by atoms with Crippen LogP contribution in [0.25, 0.3) is 0 Å². The second-order valence-corrected chi connectivity index (χ2v) is 3.53. The summed E-state index contributed by atoms with van der Waals surface area (Å²) in [4.78, 5) is 13.4. The highest BCUT2D eigenvalue weighted by molar-refractivity contribution is 5.97. The average Bonchev–Trinajstić information content (AvgIpc) is 2.03. The van der Waals surface area contributed by atoms with Crippen molar-refractivity contribution in [1.82, 2.24) is 4.90 Å². The molecule has 0 saturated carbocycles. The fourth-order valence-electron chi connectivity index (χ4n) is 1.20. The van der Waals surface area contributed by atoms with Crippen molar-refractivity contribution in [1.29, 1.82) is 0 Å². The van der Waals surface area contributed by atoms with E-state index >= 15 is 0 Å². The minimum Gasteiger partial charge on any atom is -0.302 e. The van der Waals surface area contributed by atoms with Crippen LogP contribution in [0.1, 0.15) is 15.9 Å². The van der Waals surface area contributed by atoms with Crippen LogP contribution in [-0.2, 0) is 0 Å². The second kappa shape index (κ2) is 5.78. The van der Waals surface area contributed by atoms with Crippen molar-refractivity contribution in [3.8, 4) is 0 Å². The summed E-state index contributed by atoms with van der Waals surface area (Å²) >= 11 is 0. The van der Waals surface area contributed by atoms with Gasteiger partial charge in [0.05, 0.1) is 6.54 Å². The Morgan fingerprint density at radius 3 is 2.50 bits per heavy atom. The largest absolute Gasteiger partial charge is 0.302 e. The Labute approximate surface area is 91.3 Å². The van der Waals surface area contributed by atoms with E-state index in [0.717, 1.165) is 11.1 Å². The van der Waals surface area contributed by atoms with E-state index in [4.69, 9.17) is 0 Å². The number of hydrogen-bond donors (Lipinski definition) is 0. The highest BCUT2D eigenvalue weighted by Gasteiger charge is 2.05. The molecular weight excluding hydrogens is 198 g/mol. The maximum atomic E-state index is 11.6. The van der Waals surface area contributed by atoms with Crippen LogP contribution in [-0.4, -0.2) is 31.3 Å². The number of likely N-dealkylation sites (N-methyl/N-ethyl adjacent to an activating group) is 1. The molecule has 2 nitrogen and oxygen atoms in total. The normalized spacial score (nSPS) is 9.71. The van der Waals surface area contributed by atoms with E-state index in [1.807, 2.05) is 50.2 Å². The van der Waals surface area contributed by atoms with Gasteiger partial charge in [-0.05, 0) is 27.1 Å². The summed E-state index contributed by atoms with van der Waals surface area (Å²) in [6.07, 6.45) is 0. The van der Waals surface area contributed by atoms with E-state index in [-0.39, 0.29) is 18.2 Å². The topological polar surface area (TPSA) is 20.3 Å². The quantitative estimate of drug-likeness (QED) is 0.718. The molecular formula is C11H16ClNO. The monoisotopic (exact) mass is 213 g/mol. The number of carbonyl (C=O) groups excluding carboxylic acids is 1. The smallest absolute Gasteiger partial charge is 0.176 e. The summed E-state index contributed by atoms with van der Waals surface area (Å²) in [5, 5.41) is 0. The number of aryl methyl sites for hydroxylation is 1. The summed E-state index contributed by atoms with van der Waals surface area (Å²) in [5.74, 6) is 0.175. The van der Waals surface area contributed by atoms with E-state index in [1.54, 1.807) is 0 Å². The number of nitrogens with zero attached hydrogens (tertiary/aromatic N) is 1. The fraction of sp³-hybridized carbons (Fsp3) is 0.364. The van der Waals surface area contributed by atoms with Gasteiger partial charge in [0.15, 0.2) is 5.78 Å². The highest BCUT2D eigenvalue weighted by atomic mass is 35.5. The van der Waals surface area contributed by atoms with Crippen LogP contribution in [0.15, 0.2) is 24.3 Å². The van der Waals surface area contributed by atoms with Gasteiger partial charge < -0.3 is 4.90 Å². The van der Waals surface area contributed by atoms with E-state index in [2.05, 4.69) is 0 Å². The molecule has 0 atom stereocenters. The van der Waals surface area contributed by atoms with Crippen molar-refractivity contribution < 1.29 is 4.79 Å². The van der Waals surface area contributed by atoms with Crippen LogP contribution in [0.2, 0.25) is 0 Å². The Morgan fingerprint density at radius 2 is 2.00 bits per heavy atom. The first kappa shape index (κ1) is 13.1. The molecule has 0 heterocycles. The Morgan fingerprint density at radius 1 is 1.36 bits per heavy atom.